The topological polar surface area (TPSA) is 140 Å². The lowest BCUT2D eigenvalue weighted by Crippen LogP contribution is -2.24. The molecule has 2 aliphatic rings. The Kier molecular flexibility index (Phi) is 4.44. The molecule has 0 aromatic carbocycles. The summed E-state index contributed by atoms with van der Waals surface area (Å²) in [5, 5.41) is 19.4. The molecule has 142 valence electrons. The molecule has 2 heterocycles. The van der Waals surface area contributed by atoms with Gasteiger partial charge >= 0.3 is 0 Å². The maximum absolute atomic E-state index is 12.6. The van der Waals surface area contributed by atoms with Gasteiger partial charge in [-0.2, -0.15) is 9.78 Å². The molecule has 11 nitrogen and oxygen atoms in total. The third kappa shape index (κ3) is 3.33. The van der Waals surface area contributed by atoms with Crippen molar-refractivity contribution in [3.05, 3.63) is 23.5 Å². The van der Waals surface area contributed by atoms with Gasteiger partial charge in [-0.15, -0.1) is 5.10 Å². The fraction of sp³-hybridized carbons (Fsp3) is 0.500. The van der Waals surface area contributed by atoms with Crippen LogP contribution in [-0.4, -0.2) is 56.4 Å². The number of carbonyl (C=O) groups is 1. The van der Waals surface area contributed by atoms with Crippen molar-refractivity contribution < 1.29 is 9.42 Å². The molecule has 1 saturated carbocycles. The first-order valence-corrected chi connectivity index (χ1v) is 8.72. The van der Waals surface area contributed by atoms with E-state index in [1.807, 2.05) is 25.2 Å². The molecular formula is C16H21N9O2. The number of hydrogen-bond donors (Lipinski definition) is 2. The molecular weight excluding hydrogens is 350 g/mol. The van der Waals surface area contributed by atoms with Crippen LogP contribution in [0, 0.1) is 17.8 Å². The summed E-state index contributed by atoms with van der Waals surface area (Å²) in [7, 11) is 3.73. The van der Waals surface area contributed by atoms with Crippen LogP contribution in [0.4, 0.5) is 5.82 Å². The number of nitrogens with one attached hydrogen (secondary N) is 1. The lowest BCUT2D eigenvalue weighted by molar-refractivity contribution is 0.0948. The maximum Gasteiger partial charge on any atom is 0.293 e. The third-order valence-electron chi connectivity index (χ3n) is 4.90. The molecule has 0 saturated heterocycles. The number of rotatable bonds is 6. The van der Waals surface area contributed by atoms with Crippen LogP contribution in [0.25, 0.3) is 5.82 Å². The minimum Gasteiger partial charge on any atom is -0.378 e. The van der Waals surface area contributed by atoms with Crippen LogP contribution in [0.1, 0.15) is 29.0 Å². The molecule has 0 spiro atoms. The molecule has 0 radical (unpaired) electrons. The first-order valence-electron chi connectivity index (χ1n) is 8.72. The van der Waals surface area contributed by atoms with Crippen molar-refractivity contribution in [2.45, 2.75) is 19.4 Å². The summed E-state index contributed by atoms with van der Waals surface area (Å²) in [5.41, 5.74) is 8.95. The van der Waals surface area contributed by atoms with E-state index in [1.165, 1.54) is 11.1 Å². The number of amides is 1. The van der Waals surface area contributed by atoms with Gasteiger partial charge in [-0.1, -0.05) is 17.4 Å². The Morgan fingerprint density at radius 3 is 2.93 bits per heavy atom. The Labute approximate surface area is 155 Å². The molecule has 0 aliphatic heterocycles. The Morgan fingerprint density at radius 1 is 1.44 bits per heavy atom. The average Bonchev–Trinajstić information content (AvgIpc) is 3.38. The predicted molar refractivity (Wildman–Crippen MR) is 95.8 cm³/mol. The molecule has 1 fully saturated rings. The second kappa shape index (κ2) is 6.91. The molecule has 27 heavy (non-hydrogen) atoms. The Hall–Kier alpha value is -3.08. The standard InChI is InChI=1S/C16H21N9O2/c1-24(2)8-12-13(19-23-25(12)15-14(17)21-27-22-15)16(26)20-18-7-11-6-9-3-4-10(11)5-9/h3-4,7,9-11H,5-6,8H2,1-2H3,(H2,17,21)(H,20,26)/b18-7-/t9-,10-,11-/m0/s1. The number of fused-ring (bicyclic) bond motifs is 2. The number of nitrogens with zero attached hydrogens (tertiary/aromatic N) is 7. The van der Waals surface area contributed by atoms with Crippen molar-refractivity contribution in [3.8, 4) is 5.82 Å². The highest BCUT2D eigenvalue weighted by Crippen LogP contribution is 2.42. The summed E-state index contributed by atoms with van der Waals surface area (Å²) in [4.78, 5) is 14.5. The largest absolute Gasteiger partial charge is 0.378 e. The molecule has 3 N–H and O–H groups in total. The quantitative estimate of drug-likeness (QED) is 0.417. The monoisotopic (exact) mass is 371 g/mol. The number of allylic oxidation sites excluding steroid dienone is 2. The molecule has 3 atom stereocenters. The van der Waals surface area contributed by atoms with Gasteiger partial charge in [0.1, 0.15) is 0 Å². The van der Waals surface area contributed by atoms with Gasteiger partial charge in [-0.05, 0) is 49.1 Å². The summed E-state index contributed by atoms with van der Waals surface area (Å²) in [6.45, 7) is 0.392. The normalized spacial score (nSPS) is 23.7. The summed E-state index contributed by atoms with van der Waals surface area (Å²) in [6, 6.07) is 0. The van der Waals surface area contributed by atoms with Gasteiger partial charge in [-0.3, -0.25) is 4.79 Å². The summed E-state index contributed by atoms with van der Waals surface area (Å²) >= 11 is 0. The van der Waals surface area contributed by atoms with E-state index < -0.39 is 5.91 Å². The molecule has 11 heteroatoms. The first-order chi connectivity index (χ1) is 13.0. The number of hydrogen-bond acceptors (Lipinski definition) is 9. The lowest BCUT2D eigenvalue weighted by atomic mass is 9.95. The lowest BCUT2D eigenvalue weighted by Gasteiger charge is -2.12. The molecule has 2 bridgehead atoms. The smallest absolute Gasteiger partial charge is 0.293 e. The summed E-state index contributed by atoms with van der Waals surface area (Å²) in [6.07, 6.45) is 8.59. The van der Waals surface area contributed by atoms with Gasteiger partial charge in [0.2, 0.25) is 11.6 Å². The zero-order valence-electron chi connectivity index (χ0n) is 15.1. The van der Waals surface area contributed by atoms with Crippen LogP contribution >= 0.6 is 0 Å². The van der Waals surface area contributed by atoms with Crippen molar-refractivity contribution in [1.82, 2.24) is 35.6 Å². The minimum absolute atomic E-state index is 0.0641. The molecule has 4 rings (SSSR count). The molecule has 0 unspecified atom stereocenters. The summed E-state index contributed by atoms with van der Waals surface area (Å²) in [5.74, 6) is 1.37. The SMILES string of the molecule is CN(C)Cc1c(C(=O)N/N=C\[C@@H]2C[C@H]3C=C[C@H]2C3)nnn1-c1nonc1N. The number of carbonyl (C=O) groups excluding carboxylic acids is 1. The van der Waals surface area contributed by atoms with Crippen LogP contribution in [-0.2, 0) is 6.54 Å². The average molecular weight is 371 g/mol. The number of aromatic nitrogens is 5. The third-order valence-corrected chi connectivity index (χ3v) is 4.90. The van der Waals surface area contributed by atoms with E-state index in [0.29, 0.717) is 30.0 Å². The number of nitrogen functional groups attached to an aromatic ring is 1. The molecule has 2 aromatic heterocycles. The highest BCUT2D eigenvalue weighted by atomic mass is 16.6. The van der Waals surface area contributed by atoms with Crippen molar-refractivity contribution in [1.29, 1.82) is 0 Å². The number of nitrogens with two attached hydrogens (primary N) is 1. The summed E-state index contributed by atoms with van der Waals surface area (Å²) < 4.78 is 5.97. The van der Waals surface area contributed by atoms with Crippen LogP contribution in [0.2, 0.25) is 0 Å². The van der Waals surface area contributed by atoms with Gasteiger partial charge in [-0.25, -0.2) is 10.1 Å². The predicted octanol–water partition coefficient (Wildman–Crippen LogP) is 0.222. The fourth-order valence-corrected chi connectivity index (χ4v) is 3.67. The van der Waals surface area contributed by atoms with Gasteiger partial charge < -0.3 is 10.6 Å². The van der Waals surface area contributed by atoms with Gasteiger partial charge in [0.15, 0.2) is 5.69 Å². The molecule has 2 aromatic rings. The second-order valence-electron chi connectivity index (χ2n) is 7.17. The van der Waals surface area contributed by atoms with Crippen molar-refractivity contribution >= 4 is 17.9 Å². The second-order valence-corrected chi connectivity index (χ2v) is 7.17. The van der Waals surface area contributed by atoms with Crippen LogP contribution < -0.4 is 11.2 Å². The highest BCUT2D eigenvalue weighted by Gasteiger charge is 2.34. The van der Waals surface area contributed by atoms with Crippen molar-refractivity contribution in [2.75, 3.05) is 19.8 Å². The van der Waals surface area contributed by atoms with Crippen molar-refractivity contribution in [3.63, 3.8) is 0 Å². The van der Waals surface area contributed by atoms with Gasteiger partial charge in [0.05, 0.1) is 5.69 Å². The van der Waals surface area contributed by atoms with E-state index >= 15 is 0 Å². The molecule has 2 aliphatic carbocycles. The van der Waals surface area contributed by atoms with Crippen LogP contribution in [0.15, 0.2) is 21.9 Å². The maximum atomic E-state index is 12.6. The van der Waals surface area contributed by atoms with Crippen molar-refractivity contribution in [2.24, 2.45) is 22.9 Å². The number of hydrazone groups is 1. The van der Waals surface area contributed by atoms with E-state index in [2.05, 4.69) is 47.9 Å². The zero-order valence-corrected chi connectivity index (χ0v) is 15.1. The zero-order chi connectivity index (χ0) is 19.0. The van der Waals surface area contributed by atoms with Crippen LogP contribution in [0.5, 0.6) is 0 Å². The fourth-order valence-electron chi connectivity index (χ4n) is 3.67. The molecule has 1 amide bonds. The van der Waals surface area contributed by atoms with Crippen LogP contribution in [0.3, 0.4) is 0 Å². The number of anilines is 1. The van der Waals surface area contributed by atoms with E-state index in [-0.39, 0.29) is 17.3 Å². The Balaban J connectivity index is 1.52. The van der Waals surface area contributed by atoms with E-state index in [0.717, 1.165) is 6.42 Å². The van der Waals surface area contributed by atoms with Gasteiger partial charge in [0.25, 0.3) is 5.91 Å². The van der Waals surface area contributed by atoms with E-state index in [4.69, 9.17) is 5.73 Å². The first kappa shape index (κ1) is 17.3. The van der Waals surface area contributed by atoms with E-state index in [9.17, 15) is 4.79 Å². The minimum atomic E-state index is -0.442. The Morgan fingerprint density at radius 2 is 2.30 bits per heavy atom. The van der Waals surface area contributed by atoms with Gasteiger partial charge in [0, 0.05) is 18.7 Å². The highest BCUT2D eigenvalue weighted by molar-refractivity contribution is 5.93. The Bertz CT molecular complexity index is 898. The van der Waals surface area contributed by atoms with E-state index in [1.54, 1.807) is 0 Å².